The number of ether oxygens (including phenoxy) is 1. The van der Waals surface area contributed by atoms with Gasteiger partial charge in [-0.2, -0.15) is 0 Å². The standard InChI is InChI=1S/C45H54N8O9/c1-26(47-44(60)62-25-27-15-17-31(52-61)18-16-27)39(55)51-38(45(2,3)4)43(59)53-23-33(21-37(53)42(58)50-36-14-8-10-28-9-5-6-13-35(28)36)49-41(57)30-12-7-11-29(19-30)40(56)48-32-20-34(24-54)46-22-32/h5-7,9,11-13,15-19,24,26,32-34,36-38,46H,8,10,14,20-23,25H2,1-4H3,(H,47,60)(H,48,56)(H,49,57)(H,50,58)(H,51,55)/t26-,32-,33-,34-,36+,37?,38?/m0/s1. The Morgan fingerprint density at radius 1 is 0.887 bits per heavy atom. The van der Waals surface area contributed by atoms with Gasteiger partial charge in [0.1, 0.15) is 36.7 Å². The van der Waals surface area contributed by atoms with E-state index in [1.807, 2.05) is 24.3 Å². The molecule has 0 saturated carbocycles. The molecule has 1 aliphatic carbocycles. The van der Waals surface area contributed by atoms with E-state index in [0.717, 1.165) is 30.3 Å². The van der Waals surface area contributed by atoms with E-state index in [4.69, 9.17) is 4.74 Å². The minimum Gasteiger partial charge on any atom is -0.445 e. The maximum atomic E-state index is 14.7. The Kier molecular flexibility index (Phi) is 14.5. The van der Waals surface area contributed by atoms with Crippen LogP contribution in [0.15, 0.2) is 78.0 Å². The number of nitroso groups, excluding NO2 is 1. The number of hydrogen-bond donors (Lipinski definition) is 6. The number of benzene rings is 3. The molecular formula is C45H54N8O9. The number of hydrogen-bond acceptors (Lipinski definition) is 11. The van der Waals surface area contributed by atoms with Crippen molar-refractivity contribution in [1.82, 2.24) is 36.8 Å². The van der Waals surface area contributed by atoms with Crippen LogP contribution in [-0.2, 0) is 36.9 Å². The van der Waals surface area contributed by atoms with E-state index in [0.29, 0.717) is 24.9 Å². The molecule has 17 heteroatoms. The van der Waals surface area contributed by atoms with Crippen LogP contribution in [0, 0.1) is 10.3 Å². The summed E-state index contributed by atoms with van der Waals surface area (Å²) in [5.41, 5.74) is 2.55. The van der Waals surface area contributed by atoms with Crippen LogP contribution in [0.4, 0.5) is 10.5 Å². The van der Waals surface area contributed by atoms with Gasteiger partial charge >= 0.3 is 6.09 Å². The summed E-state index contributed by atoms with van der Waals surface area (Å²) in [7, 11) is 0. The number of nitrogens with zero attached hydrogens (tertiary/aromatic N) is 2. The fourth-order valence-corrected chi connectivity index (χ4v) is 8.09. The first-order chi connectivity index (χ1) is 29.6. The van der Waals surface area contributed by atoms with Crippen molar-refractivity contribution in [1.29, 1.82) is 0 Å². The number of amides is 6. The molecule has 2 heterocycles. The van der Waals surface area contributed by atoms with E-state index in [1.54, 1.807) is 51.1 Å². The topological polar surface area (TPSA) is 234 Å². The Hall–Kier alpha value is -6.49. The zero-order valence-corrected chi connectivity index (χ0v) is 35.3. The number of carbonyl (C=O) groups excluding carboxylic acids is 7. The Labute approximate surface area is 359 Å². The smallest absolute Gasteiger partial charge is 0.408 e. The molecule has 3 aromatic carbocycles. The van der Waals surface area contributed by atoms with Crippen LogP contribution in [-0.4, -0.2) is 96.2 Å². The van der Waals surface area contributed by atoms with Crippen LogP contribution in [0.1, 0.15) is 96.8 Å². The Morgan fingerprint density at radius 3 is 2.24 bits per heavy atom. The second kappa shape index (κ2) is 19.9. The molecule has 2 fully saturated rings. The molecule has 6 rings (SSSR count). The number of aryl methyl sites for hydroxylation is 1. The lowest BCUT2D eigenvalue weighted by atomic mass is 9.85. The minimum atomic E-state index is -1.16. The lowest BCUT2D eigenvalue weighted by Crippen LogP contribution is -2.60. The number of rotatable bonds is 14. The molecule has 3 aromatic rings. The van der Waals surface area contributed by atoms with E-state index in [9.17, 15) is 38.5 Å². The summed E-state index contributed by atoms with van der Waals surface area (Å²) in [5.74, 6) is -2.52. The van der Waals surface area contributed by atoms with Gasteiger partial charge in [-0.25, -0.2) is 4.79 Å². The van der Waals surface area contributed by atoms with E-state index >= 15 is 0 Å². The molecule has 7 atom stereocenters. The van der Waals surface area contributed by atoms with Gasteiger partial charge in [0.2, 0.25) is 17.7 Å². The number of fused-ring (bicyclic) bond motifs is 1. The van der Waals surface area contributed by atoms with E-state index in [1.165, 1.54) is 30.0 Å². The molecule has 17 nitrogen and oxygen atoms in total. The highest BCUT2D eigenvalue weighted by Gasteiger charge is 2.46. The number of aldehydes is 1. The van der Waals surface area contributed by atoms with Gasteiger partial charge < -0.3 is 46.3 Å². The highest BCUT2D eigenvalue weighted by molar-refractivity contribution is 6.00. The third kappa shape index (κ3) is 11.3. The monoisotopic (exact) mass is 850 g/mol. The van der Waals surface area contributed by atoms with Gasteiger partial charge in [0.15, 0.2) is 0 Å². The maximum Gasteiger partial charge on any atom is 0.408 e. The molecule has 0 bridgehead atoms. The average molecular weight is 851 g/mol. The first kappa shape index (κ1) is 45.0. The van der Waals surface area contributed by atoms with Gasteiger partial charge in [0, 0.05) is 36.3 Å². The molecule has 6 amide bonds. The summed E-state index contributed by atoms with van der Waals surface area (Å²) in [6, 6.07) is 15.4. The summed E-state index contributed by atoms with van der Waals surface area (Å²) in [4.78, 5) is 105. The van der Waals surface area contributed by atoms with Crippen molar-refractivity contribution in [2.75, 3.05) is 13.1 Å². The SMILES string of the molecule is C[C@H](NC(=O)OCc1ccc(N=O)cc1)C(=O)NC(C(=O)N1C[C@@H](NC(=O)c2cccc(C(=O)N[C@@H]3CN[C@H](C=O)C3)c2)CC1C(=O)N[C@@H]1CCCc2ccccc21)C(C)(C)C. The Bertz CT molecular complexity index is 2170. The van der Waals surface area contributed by atoms with Crippen molar-refractivity contribution in [2.45, 2.75) is 109 Å². The molecule has 62 heavy (non-hydrogen) atoms. The van der Waals surface area contributed by atoms with Crippen LogP contribution < -0.4 is 31.9 Å². The molecular weight excluding hydrogens is 797 g/mol. The van der Waals surface area contributed by atoms with E-state index in [-0.39, 0.29) is 54.5 Å². The van der Waals surface area contributed by atoms with Crippen molar-refractivity contribution in [2.24, 2.45) is 10.6 Å². The maximum absolute atomic E-state index is 14.7. The molecule has 0 spiro atoms. The summed E-state index contributed by atoms with van der Waals surface area (Å²) in [6.07, 6.45) is 2.92. The van der Waals surface area contributed by atoms with Gasteiger partial charge in [-0.3, -0.25) is 24.0 Å². The molecule has 3 aliphatic rings. The van der Waals surface area contributed by atoms with Crippen LogP contribution in [0.25, 0.3) is 0 Å². The lowest BCUT2D eigenvalue weighted by molar-refractivity contribution is -0.144. The molecule has 0 radical (unpaired) electrons. The van der Waals surface area contributed by atoms with Crippen LogP contribution in [0.5, 0.6) is 0 Å². The number of carbonyl (C=O) groups is 7. The van der Waals surface area contributed by atoms with Crippen molar-refractivity contribution in [3.05, 3.63) is 106 Å². The Morgan fingerprint density at radius 2 is 1.58 bits per heavy atom. The van der Waals surface area contributed by atoms with Crippen molar-refractivity contribution in [3.63, 3.8) is 0 Å². The predicted octanol–water partition coefficient (Wildman–Crippen LogP) is 3.48. The summed E-state index contributed by atoms with van der Waals surface area (Å²) < 4.78 is 5.25. The number of likely N-dealkylation sites (tertiary alicyclic amines) is 1. The summed E-state index contributed by atoms with van der Waals surface area (Å²) >= 11 is 0. The van der Waals surface area contributed by atoms with Crippen LogP contribution in [0.3, 0.4) is 0 Å². The van der Waals surface area contributed by atoms with Gasteiger partial charge in [-0.15, -0.1) is 4.91 Å². The van der Waals surface area contributed by atoms with Gasteiger partial charge in [0.25, 0.3) is 11.8 Å². The van der Waals surface area contributed by atoms with Crippen molar-refractivity contribution < 1.29 is 38.3 Å². The third-order valence-electron chi connectivity index (χ3n) is 11.5. The van der Waals surface area contributed by atoms with Crippen molar-refractivity contribution in [3.8, 4) is 0 Å². The Balaban J connectivity index is 1.16. The lowest BCUT2D eigenvalue weighted by Gasteiger charge is -2.36. The molecule has 328 valence electrons. The fourth-order valence-electron chi connectivity index (χ4n) is 8.09. The zero-order valence-electron chi connectivity index (χ0n) is 35.3. The number of nitrogens with one attached hydrogen (secondary N) is 6. The predicted molar refractivity (Wildman–Crippen MR) is 228 cm³/mol. The van der Waals surface area contributed by atoms with Gasteiger partial charge in [-0.05, 0) is 96.6 Å². The molecule has 6 N–H and O–H groups in total. The zero-order chi connectivity index (χ0) is 44.6. The summed E-state index contributed by atoms with van der Waals surface area (Å²) in [6.45, 7) is 7.01. The number of alkyl carbamates (subject to hydrolysis) is 1. The molecule has 2 unspecified atom stereocenters. The second-order valence-corrected chi connectivity index (χ2v) is 17.2. The van der Waals surface area contributed by atoms with Gasteiger partial charge in [-0.1, -0.05) is 63.2 Å². The highest BCUT2D eigenvalue weighted by Crippen LogP contribution is 2.31. The quantitative estimate of drug-likeness (QED) is 0.102. The fraction of sp³-hybridized carbons (Fsp3) is 0.444. The van der Waals surface area contributed by atoms with Crippen molar-refractivity contribution >= 4 is 47.6 Å². The van der Waals surface area contributed by atoms with Crippen LogP contribution in [0.2, 0.25) is 0 Å². The van der Waals surface area contributed by atoms with Gasteiger partial charge in [0.05, 0.1) is 12.1 Å². The molecule has 2 aliphatic heterocycles. The second-order valence-electron chi connectivity index (χ2n) is 17.2. The molecule has 0 aromatic heterocycles. The van der Waals surface area contributed by atoms with E-state index < -0.39 is 65.2 Å². The first-order valence-electron chi connectivity index (χ1n) is 20.9. The normalized spacial score (nSPS) is 21.6. The molecule has 2 saturated heterocycles. The van der Waals surface area contributed by atoms with E-state index in [2.05, 4.69) is 37.1 Å². The average Bonchev–Trinajstić information content (AvgIpc) is 3.91. The highest BCUT2D eigenvalue weighted by atomic mass is 16.5. The minimum absolute atomic E-state index is 0.0524. The third-order valence-corrected chi connectivity index (χ3v) is 11.5. The van der Waals surface area contributed by atoms with Crippen LogP contribution >= 0.6 is 0 Å². The first-order valence-corrected chi connectivity index (χ1v) is 20.9. The largest absolute Gasteiger partial charge is 0.445 e. The summed E-state index contributed by atoms with van der Waals surface area (Å²) in [5, 5.41) is 20.2.